The Morgan fingerprint density at radius 1 is 1.26 bits per heavy atom. The summed E-state index contributed by atoms with van der Waals surface area (Å²) in [6.07, 6.45) is 4.83. The molecule has 0 atom stereocenters. The minimum Gasteiger partial charge on any atom is -0.481 e. The molecule has 0 aromatic heterocycles. The maximum Gasteiger partial charge on any atom is 0.317 e. The molecular weight excluding hydrogens is 244 g/mol. The van der Waals surface area contributed by atoms with Gasteiger partial charge in [-0.2, -0.15) is 0 Å². The van der Waals surface area contributed by atoms with Gasteiger partial charge in [0.1, 0.15) is 0 Å². The van der Waals surface area contributed by atoms with Crippen LogP contribution in [0.2, 0.25) is 0 Å². The van der Waals surface area contributed by atoms with Gasteiger partial charge in [-0.05, 0) is 31.1 Å². The Labute approximate surface area is 115 Å². The molecule has 1 rings (SSSR count). The van der Waals surface area contributed by atoms with Crippen LogP contribution in [0.3, 0.4) is 0 Å². The zero-order valence-corrected chi connectivity index (χ0v) is 12.1. The number of rotatable bonds is 6. The molecule has 0 bridgehead atoms. The first-order valence-corrected chi connectivity index (χ1v) is 7.15. The minimum atomic E-state index is -0.750. The molecule has 1 saturated heterocycles. The van der Waals surface area contributed by atoms with Gasteiger partial charge < -0.3 is 15.3 Å². The Balaban J connectivity index is 2.12. The maximum atomic E-state index is 11.9. The summed E-state index contributed by atoms with van der Waals surface area (Å²) in [4.78, 5) is 24.2. The van der Waals surface area contributed by atoms with E-state index in [4.69, 9.17) is 5.11 Å². The Bertz CT molecular complexity index is 316. The van der Waals surface area contributed by atoms with Gasteiger partial charge in [-0.15, -0.1) is 0 Å². The van der Waals surface area contributed by atoms with Crippen molar-refractivity contribution in [3.63, 3.8) is 0 Å². The van der Waals surface area contributed by atoms with Crippen molar-refractivity contribution in [1.29, 1.82) is 0 Å². The van der Waals surface area contributed by atoms with Crippen molar-refractivity contribution in [2.75, 3.05) is 19.6 Å². The summed E-state index contributed by atoms with van der Waals surface area (Å²) >= 11 is 0. The first kappa shape index (κ1) is 15.8. The maximum absolute atomic E-state index is 11.9. The second kappa shape index (κ2) is 7.36. The van der Waals surface area contributed by atoms with Gasteiger partial charge in [0.05, 0.1) is 0 Å². The van der Waals surface area contributed by atoms with Gasteiger partial charge in [0.25, 0.3) is 0 Å². The number of amides is 2. The van der Waals surface area contributed by atoms with E-state index in [1.165, 1.54) is 6.42 Å². The van der Waals surface area contributed by atoms with E-state index < -0.39 is 5.97 Å². The number of unbranched alkanes of at least 4 members (excludes halogenated alkanes) is 2. The number of hydrogen-bond acceptors (Lipinski definition) is 2. The van der Waals surface area contributed by atoms with Gasteiger partial charge in [-0.3, -0.25) is 4.79 Å². The van der Waals surface area contributed by atoms with Crippen LogP contribution in [-0.4, -0.2) is 41.6 Å². The second-order valence-corrected chi connectivity index (χ2v) is 6.13. The Morgan fingerprint density at radius 3 is 2.63 bits per heavy atom. The molecule has 0 unspecified atom stereocenters. The molecule has 5 heteroatoms. The van der Waals surface area contributed by atoms with Gasteiger partial charge in [-0.25, -0.2) is 4.79 Å². The molecule has 1 aliphatic heterocycles. The van der Waals surface area contributed by atoms with Gasteiger partial charge in [-0.1, -0.05) is 20.3 Å². The van der Waals surface area contributed by atoms with Crippen LogP contribution >= 0.6 is 0 Å². The average molecular weight is 270 g/mol. The summed E-state index contributed by atoms with van der Waals surface area (Å²) in [7, 11) is 0. The smallest absolute Gasteiger partial charge is 0.317 e. The molecule has 19 heavy (non-hydrogen) atoms. The first-order chi connectivity index (χ1) is 8.91. The fourth-order valence-electron chi connectivity index (χ4n) is 2.48. The lowest BCUT2D eigenvalue weighted by atomic mass is 9.84. The van der Waals surface area contributed by atoms with Crippen LogP contribution < -0.4 is 5.32 Å². The highest BCUT2D eigenvalue weighted by Gasteiger charge is 2.28. The highest BCUT2D eigenvalue weighted by molar-refractivity contribution is 5.74. The van der Waals surface area contributed by atoms with E-state index in [1.54, 1.807) is 0 Å². The lowest BCUT2D eigenvalue weighted by Crippen LogP contribution is -2.48. The van der Waals surface area contributed by atoms with Gasteiger partial charge in [0.15, 0.2) is 0 Å². The number of aliphatic carboxylic acids is 1. The van der Waals surface area contributed by atoms with Crippen LogP contribution in [0.5, 0.6) is 0 Å². The molecule has 0 spiro atoms. The number of piperidine rings is 1. The summed E-state index contributed by atoms with van der Waals surface area (Å²) in [5.41, 5.74) is 0.219. The van der Waals surface area contributed by atoms with Crippen molar-refractivity contribution in [3.8, 4) is 0 Å². The van der Waals surface area contributed by atoms with Gasteiger partial charge in [0.2, 0.25) is 0 Å². The fraction of sp³-hybridized carbons (Fsp3) is 0.857. The van der Waals surface area contributed by atoms with Crippen molar-refractivity contribution in [2.24, 2.45) is 5.41 Å². The normalized spacial score (nSPS) is 18.1. The van der Waals surface area contributed by atoms with Gasteiger partial charge in [0, 0.05) is 26.1 Å². The number of carboxylic acids is 1. The van der Waals surface area contributed by atoms with E-state index in [0.717, 1.165) is 32.4 Å². The van der Waals surface area contributed by atoms with Crippen LogP contribution in [0.15, 0.2) is 0 Å². The highest BCUT2D eigenvalue weighted by atomic mass is 16.4. The molecular formula is C14H26N2O3. The molecule has 5 nitrogen and oxygen atoms in total. The second-order valence-electron chi connectivity index (χ2n) is 6.13. The Kier molecular flexibility index (Phi) is 6.12. The van der Waals surface area contributed by atoms with E-state index in [1.807, 2.05) is 4.90 Å². The molecule has 0 aliphatic carbocycles. The van der Waals surface area contributed by atoms with E-state index in [9.17, 15) is 9.59 Å². The zero-order valence-electron chi connectivity index (χ0n) is 12.1. The topological polar surface area (TPSA) is 69.6 Å². The standard InChI is InChI=1S/C14H26N2O3/c1-14(2)8-6-10-16(11-14)13(19)15-9-5-3-4-7-12(17)18/h3-11H2,1-2H3,(H,15,19)(H,17,18). The van der Waals surface area contributed by atoms with Crippen LogP contribution in [0.1, 0.15) is 52.4 Å². The van der Waals surface area contributed by atoms with Crippen molar-refractivity contribution in [3.05, 3.63) is 0 Å². The van der Waals surface area contributed by atoms with E-state index >= 15 is 0 Å². The zero-order chi connectivity index (χ0) is 14.3. The molecule has 0 saturated carbocycles. The van der Waals surface area contributed by atoms with Crippen LogP contribution in [0, 0.1) is 5.41 Å². The number of hydrogen-bond donors (Lipinski definition) is 2. The van der Waals surface area contributed by atoms with E-state index in [-0.39, 0.29) is 17.9 Å². The third-order valence-electron chi connectivity index (χ3n) is 3.53. The van der Waals surface area contributed by atoms with Crippen molar-refractivity contribution < 1.29 is 14.7 Å². The molecule has 0 aromatic carbocycles. The van der Waals surface area contributed by atoms with Crippen LogP contribution in [0.25, 0.3) is 0 Å². The largest absolute Gasteiger partial charge is 0.481 e. The molecule has 1 fully saturated rings. The molecule has 1 aliphatic rings. The monoisotopic (exact) mass is 270 g/mol. The number of nitrogens with one attached hydrogen (secondary N) is 1. The summed E-state index contributed by atoms with van der Waals surface area (Å²) in [6.45, 7) is 6.68. The number of carbonyl (C=O) groups excluding carboxylic acids is 1. The number of urea groups is 1. The lowest BCUT2D eigenvalue weighted by Gasteiger charge is -2.37. The van der Waals surface area contributed by atoms with E-state index in [0.29, 0.717) is 13.0 Å². The molecule has 2 N–H and O–H groups in total. The predicted octanol–water partition coefficient (Wildman–Crippen LogP) is 2.46. The quantitative estimate of drug-likeness (QED) is 0.728. The third kappa shape index (κ3) is 6.45. The SMILES string of the molecule is CC1(C)CCCN(C(=O)NCCCCCC(=O)O)C1. The predicted molar refractivity (Wildman–Crippen MR) is 74.1 cm³/mol. The summed E-state index contributed by atoms with van der Waals surface area (Å²) < 4.78 is 0. The van der Waals surface area contributed by atoms with Gasteiger partial charge >= 0.3 is 12.0 Å². The average Bonchev–Trinajstić information content (AvgIpc) is 2.31. The summed E-state index contributed by atoms with van der Waals surface area (Å²) in [6, 6.07) is 0.0195. The van der Waals surface area contributed by atoms with Crippen molar-refractivity contribution >= 4 is 12.0 Å². The number of likely N-dealkylation sites (tertiary alicyclic amines) is 1. The lowest BCUT2D eigenvalue weighted by molar-refractivity contribution is -0.137. The van der Waals surface area contributed by atoms with Crippen molar-refractivity contribution in [2.45, 2.75) is 52.4 Å². The fourth-order valence-corrected chi connectivity index (χ4v) is 2.48. The Morgan fingerprint density at radius 2 is 2.00 bits per heavy atom. The van der Waals surface area contributed by atoms with Crippen LogP contribution in [-0.2, 0) is 4.79 Å². The minimum absolute atomic E-state index is 0.0195. The highest BCUT2D eigenvalue weighted by Crippen LogP contribution is 2.28. The number of carboxylic acid groups (broad SMARTS) is 1. The number of nitrogens with zero attached hydrogens (tertiary/aromatic N) is 1. The molecule has 0 radical (unpaired) electrons. The van der Waals surface area contributed by atoms with E-state index in [2.05, 4.69) is 19.2 Å². The molecule has 0 aromatic rings. The summed E-state index contributed by atoms with van der Waals surface area (Å²) in [5.74, 6) is -0.750. The first-order valence-electron chi connectivity index (χ1n) is 7.15. The third-order valence-corrected chi connectivity index (χ3v) is 3.53. The Hall–Kier alpha value is -1.26. The van der Waals surface area contributed by atoms with Crippen LogP contribution in [0.4, 0.5) is 4.79 Å². The number of carbonyl (C=O) groups is 2. The summed E-state index contributed by atoms with van der Waals surface area (Å²) in [5, 5.41) is 11.4. The molecule has 2 amide bonds. The molecule has 110 valence electrons. The molecule has 1 heterocycles. The van der Waals surface area contributed by atoms with Crippen molar-refractivity contribution in [1.82, 2.24) is 10.2 Å².